The van der Waals surface area contributed by atoms with E-state index in [1.54, 1.807) is 0 Å². The molecule has 2 atom stereocenters. The summed E-state index contributed by atoms with van der Waals surface area (Å²) in [7, 11) is 2.20. The monoisotopic (exact) mass is 204 g/mol. The van der Waals surface area contributed by atoms with Crippen LogP contribution in [0.5, 0.6) is 0 Å². The Balaban J connectivity index is 2.01. The Morgan fingerprint density at radius 3 is 2.67 bits per heavy atom. The highest BCUT2D eigenvalue weighted by Crippen LogP contribution is 2.21. The van der Waals surface area contributed by atoms with E-state index in [9.17, 15) is 0 Å². The van der Waals surface area contributed by atoms with Gasteiger partial charge >= 0.3 is 0 Å². The molecule has 0 amide bonds. The molecule has 0 spiro atoms. The van der Waals surface area contributed by atoms with E-state index in [0.717, 1.165) is 6.54 Å². The van der Waals surface area contributed by atoms with Crippen LogP contribution in [0.25, 0.3) is 0 Å². The van der Waals surface area contributed by atoms with Crippen molar-refractivity contribution in [2.24, 2.45) is 0 Å². The van der Waals surface area contributed by atoms with Crippen molar-refractivity contribution < 1.29 is 0 Å². The van der Waals surface area contributed by atoms with Gasteiger partial charge in [0.1, 0.15) is 0 Å². The highest BCUT2D eigenvalue weighted by molar-refractivity contribution is 5.51. The lowest BCUT2D eigenvalue weighted by molar-refractivity contribution is 0.330. The molecule has 0 aromatic heterocycles. The van der Waals surface area contributed by atoms with E-state index in [0.29, 0.717) is 12.1 Å². The minimum absolute atomic E-state index is 0.603. The van der Waals surface area contributed by atoms with Gasteiger partial charge in [-0.1, -0.05) is 18.2 Å². The van der Waals surface area contributed by atoms with E-state index >= 15 is 0 Å². The quantitative estimate of drug-likeness (QED) is 0.796. The van der Waals surface area contributed by atoms with Gasteiger partial charge in [-0.3, -0.25) is 0 Å². The second kappa shape index (κ2) is 4.23. The molecule has 0 aliphatic carbocycles. The number of nitrogens with one attached hydrogen (secondary N) is 1. The highest BCUT2D eigenvalue weighted by Gasteiger charge is 2.25. The third kappa shape index (κ3) is 2.32. The average Bonchev–Trinajstić information content (AvgIpc) is 2.50. The lowest BCUT2D eigenvalue weighted by atomic mass is 10.1. The van der Waals surface area contributed by atoms with Crippen LogP contribution in [-0.2, 0) is 0 Å². The smallest absolute Gasteiger partial charge is 0.0403 e. The molecule has 1 aromatic rings. The molecule has 1 heterocycles. The van der Waals surface area contributed by atoms with Crippen LogP contribution in [0.15, 0.2) is 24.3 Å². The summed E-state index contributed by atoms with van der Waals surface area (Å²) in [5.74, 6) is 0. The summed E-state index contributed by atoms with van der Waals surface area (Å²) in [6.07, 6.45) is 1.24. The zero-order chi connectivity index (χ0) is 10.8. The van der Waals surface area contributed by atoms with Crippen LogP contribution in [0.2, 0.25) is 0 Å². The van der Waals surface area contributed by atoms with Gasteiger partial charge < -0.3 is 10.2 Å². The van der Waals surface area contributed by atoms with Gasteiger partial charge in [0.05, 0.1) is 0 Å². The second-order valence-corrected chi connectivity index (χ2v) is 4.68. The van der Waals surface area contributed by atoms with Crippen LogP contribution >= 0.6 is 0 Å². The van der Waals surface area contributed by atoms with E-state index in [1.807, 2.05) is 0 Å². The second-order valence-electron chi connectivity index (χ2n) is 4.68. The van der Waals surface area contributed by atoms with Crippen LogP contribution < -0.4 is 5.32 Å². The van der Waals surface area contributed by atoms with Crippen molar-refractivity contribution in [1.29, 1.82) is 0 Å². The van der Waals surface area contributed by atoms with Crippen molar-refractivity contribution >= 4 is 5.69 Å². The Labute approximate surface area is 92.3 Å². The van der Waals surface area contributed by atoms with Crippen molar-refractivity contribution in [2.45, 2.75) is 32.4 Å². The molecule has 1 saturated heterocycles. The highest BCUT2D eigenvalue weighted by atomic mass is 15.2. The van der Waals surface area contributed by atoms with Gasteiger partial charge in [-0.25, -0.2) is 0 Å². The molecule has 15 heavy (non-hydrogen) atoms. The molecule has 2 rings (SSSR count). The molecule has 1 aliphatic rings. The van der Waals surface area contributed by atoms with E-state index in [-0.39, 0.29) is 0 Å². The summed E-state index contributed by atoms with van der Waals surface area (Å²) < 4.78 is 0. The lowest BCUT2D eigenvalue weighted by Crippen LogP contribution is -2.25. The first kappa shape index (κ1) is 10.5. The van der Waals surface area contributed by atoms with Gasteiger partial charge in [0, 0.05) is 24.3 Å². The third-order valence-corrected chi connectivity index (χ3v) is 3.39. The predicted octanol–water partition coefficient (Wildman–Crippen LogP) is 2.50. The SMILES string of the molecule is Cc1ccccc1NC1CC(C)N(C)C1. The number of hydrogen-bond acceptors (Lipinski definition) is 2. The molecular weight excluding hydrogens is 184 g/mol. The molecule has 2 heteroatoms. The van der Waals surface area contributed by atoms with Crippen LogP contribution in [0, 0.1) is 6.92 Å². The van der Waals surface area contributed by atoms with Crippen LogP contribution in [0.3, 0.4) is 0 Å². The first-order chi connectivity index (χ1) is 7.16. The molecule has 0 bridgehead atoms. The number of benzene rings is 1. The maximum atomic E-state index is 3.63. The Bertz CT molecular complexity index is 325. The lowest BCUT2D eigenvalue weighted by Gasteiger charge is -2.15. The Morgan fingerprint density at radius 1 is 1.33 bits per heavy atom. The molecular formula is C13H20N2. The number of rotatable bonds is 2. The van der Waals surface area contributed by atoms with Crippen LogP contribution in [-0.4, -0.2) is 30.6 Å². The minimum Gasteiger partial charge on any atom is -0.381 e. The van der Waals surface area contributed by atoms with Crippen molar-refractivity contribution in [2.75, 3.05) is 18.9 Å². The first-order valence-corrected chi connectivity index (χ1v) is 5.69. The Kier molecular flexibility index (Phi) is 2.96. The molecule has 0 saturated carbocycles. The van der Waals surface area contributed by atoms with E-state index < -0.39 is 0 Å². The molecule has 1 N–H and O–H groups in total. The molecule has 0 radical (unpaired) electrons. The van der Waals surface area contributed by atoms with Crippen molar-refractivity contribution in [3.8, 4) is 0 Å². The number of nitrogens with zero attached hydrogens (tertiary/aromatic N) is 1. The molecule has 1 aromatic carbocycles. The van der Waals surface area contributed by atoms with E-state index in [2.05, 4.69) is 55.4 Å². The number of likely N-dealkylation sites (tertiary alicyclic amines) is 1. The maximum absolute atomic E-state index is 3.63. The Morgan fingerprint density at radius 2 is 2.07 bits per heavy atom. The molecule has 2 unspecified atom stereocenters. The van der Waals surface area contributed by atoms with Gasteiger partial charge in [0.25, 0.3) is 0 Å². The maximum Gasteiger partial charge on any atom is 0.0403 e. The summed E-state index contributed by atoms with van der Waals surface area (Å²) in [6, 6.07) is 9.81. The summed E-state index contributed by atoms with van der Waals surface area (Å²) >= 11 is 0. The number of likely N-dealkylation sites (N-methyl/N-ethyl adjacent to an activating group) is 1. The van der Waals surface area contributed by atoms with Gasteiger partial charge in [0.15, 0.2) is 0 Å². The standard InChI is InChI=1S/C13H20N2/c1-10-6-4-5-7-13(10)14-12-8-11(2)15(3)9-12/h4-7,11-12,14H,8-9H2,1-3H3. The molecule has 2 nitrogen and oxygen atoms in total. The number of anilines is 1. The number of aryl methyl sites for hydroxylation is 1. The fourth-order valence-electron chi connectivity index (χ4n) is 2.25. The molecule has 1 aliphatic heterocycles. The zero-order valence-electron chi connectivity index (χ0n) is 9.83. The van der Waals surface area contributed by atoms with E-state index in [4.69, 9.17) is 0 Å². The summed E-state index contributed by atoms with van der Waals surface area (Å²) in [4.78, 5) is 2.41. The van der Waals surface area contributed by atoms with Crippen molar-refractivity contribution in [3.63, 3.8) is 0 Å². The Hall–Kier alpha value is -1.02. The number of hydrogen-bond donors (Lipinski definition) is 1. The summed E-state index contributed by atoms with van der Waals surface area (Å²) in [5, 5.41) is 3.63. The van der Waals surface area contributed by atoms with Gasteiger partial charge in [-0.05, 0) is 38.9 Å². The third-order valence-electron chi connectivity index (χ3n) is 3.39. The number of para-hydroxylation sites is 1. The topological polar surface area (TPSA) is 15.3 Å². The van der Waals surface area contributed by atoms with Gasteiger partial charge in [-0.15, -0.1) is 0 Å². The predicted molar refractivity (Wildman–Crippen MR) is 65.3 cm³/mol. The van der Waals surface area contributed by atoms with Crippen molar-refractivity contribution in [1.82, 2.24) is 4.90 Å². The fraction of sp³-hybridized carbons (Fsp3) is 0.538. The average molecular weight is 204 g/mol. The normalized spacial score (nSPS) is 26.9. The fourth-order valence-corrected chi connectivity index (χ4v) is 2.25. The molecule has 1 fully saturated rings. The van der Waals surface area contributed by atoms with Gasteiger partial charge in [0.2, 0.25) is 0 Å². The first-order valence-electron chi connectivity index (χ1n) is 5.69. The minimum atomic E-state index is 0.603. The van der Waals surface area contributed by atoms with Crippen molar-refractivity contribution in [3.05, 3.63) is 29.8 Å². The van der Waals surface area contributed by atoms with Crippen LogP contribution in [0.1, 0.15) is 18.9 Å². The summed E-state index contributed by atoms with van der Waals surface area (Å²) in [6.45, 7) is 5.60. The summed E-state index contributed by atoms with van der Waals surface area (Å²) in [5.41, 5.74) is 2.62. The molecule has 82 valence electrons. The van der Waals surface area contributed by atoms with Crippen LogP contribution in [0.4, 0.5) is 5.69 Å². The largest absolute Gasteiger partial charge is 0.381 e. The zero-order valence-corrected chi connectivity index (χ0v) is 9.83. The van der Waals surface area contributed by atoms with Gasteiger partial charge in [-0.2, -0.15) is 0 Å². The van der Waals surface area contributed by atoms with E-state index in [1.165, 1.54) is 17.7 Å².